The summed E-state index contributed by atoms with van der Waals surface area (Å²) in [4.78, 5) is 52.4. The van der Waals surface area contributed by atoms with Gasteiger partial charge in [0.05, 0.1) is 28.9 Å². The Morgan fingerprint density at radius 2 is 1.80 bits per heavy atom. The Morgan fingerprint density at radius 3 is 2.50 bits per heavy atom. The number of anilines is 3. The van der Waals surface area contributed by atoms with Gasteiger partial charge < -0.3 is 30.7 Å². The molecule has 3 aliphatic rings. The number of urea groups is 1. The number of thiophene rings is 1. The molecule has 3 aromatic rings. The number of likely N-dealkylation sites (tertiary alicyclic amines) is 1. The highest BCUT2D eigenvalue weighted by Gasteiger charge is 2.35. The van der Waals surface area contributed by atoms with Gasteiger partial charge in [-0.05, 0) is 60.9 Å². The van der Waals surface area contributed by atoms with Gasteiger partial charge in [-0.2, -0.15) is 0 Å². The van der Waals surface area contributed by atoms with Crippen LogP contribution >= 0.6 is 22.9 Å². The summed E-state index contributed by atoms with van der Waals surface area (Å²) in [7, 11) is 0. The summed E-state index contributed by atoms with van der Waals surface area (Å²) < 4.78 is 0. The molecule has 0 aliphatic carbocycles. The Bertz CT molecular complexity index is 1490. The van der Waals surface area contributed by atoms with Crippen molar-refractivity contribution in [3.05, 3.63) is 69.1 Å². The average molecular weight is 636 g/mol. The molecule has 2 saturated heterocycles. The number of hydrogen-bond donors (Lipinski definition) is 2. The molecule has 44 heavy (non-hydrogen) atoms. The van der Waals surface area contributed by atoms with Gasteiger partial charge in [-0.25, -0.2) is 4.79 Å². The van der Waals surface area contributed by atoms with Crippen LogP contribution < -0.4 is 16.0 Å². The highest BCUT2D eigenvalue weighted by Crippen LogP contribution is 2.31. The highest BCUT2D eigenvalue weighted by atomic mass is 35.5. The average Bonchev–Trinajstić information content (AvgIpc) is 3.50. The first kappa shape index (κ1) is 30.2. The number of fused-ring (bicyclic) bond motifs is 1. The maximum absolute atomic E-state index is 14.0. The van der Waals surface area contributed by atoms with Crippen LogP contribution in [0.3, 0.4) is 0 Å². The van der Waals surface area contributed by atoms with Crippen molar-refractivity contribution in [2.45, 2.75) is 45.2 Å². The molecule has 1 aromatic carbocycles. The van der Waals surface area contributed by atoms with E-state index in [4.69, 9.17) is 17.3 Å². The maximum atomic E-state index is 14.0. The molecule has 1 atom stereocenters. The van der Waals surface area contributed by atoms with Gasteiger partial charge in [0.1, 0.15) is 0 Å². The number of carbonyl (C=O) groups excluding carboxylic acids is 3. The molecule has 0 radical (unpaired) electrons. The van der Waals surface area contributed by atoms with Crippen molar-refractivity contribution in [1.82, 2.24) is 19.7 Å². The van der Waals surface area contributed by atoms with Crippen LogP contribution in [0, 0.1) is 12.8 Å². The molecule has 3 N–H and O–H groups in total. The minimum Gasteiger partial charge on any atom is -0.397 e. The Morgan fingerprint density at radius 1 is 1.07 bits per heavy atom. The zero-order valence-electron chi connectivity index (χ0n) is 24.9. The van der Waals surface area contributed by atoms with Crippen molar-refractivity contribution in [1.29, 1.82) is 0 Å². The van der Waals surface area contributed by atoms with Crippen LogP contribution in [0.25, 0.3) is 0 Å². The molecule has 232 valence electrons. The predicted molar refractivity (Wildman–Crippen MR) is 174 cm³/mol. The van der Waals surface area contributed by atoms with E-state index in [-0.39, 0.29) is 30.3 Å². The summed E-state index contributed by atoms with van der Waals surface area (Å²) in [6.07, 6.45) is 5.50. The molecule has 0 spiro atoms. The number of piperidine rings is 1. The first-order chi connectivity index (χ1) is 21.3. The van der Waals surface area contributed by atoms with Crippen molar-refractivity contribution in [2.24, 2.45) is 5.92 Å². The number of nitrogens with two attached hydrogens (primary N) is 1. The molecule has 2 fully saturated rings. The second-order valence-electron chi connectivity index (χ2n) is 11.9. The molecular formula is C32H38ClN7O3S. The van der Waals surface area contributed by atoms with Gasteiger partial charge >= 0.3 is 6.03 Å². The van der Waals surface area contributed by atoms with Crippen LogP contribution in [0.1, 0.15) is 36.0 Å². The lowest BCUT2D eigenvalue weighted by Crippen LogP contribution is -2.52. The van der Waals surface area contributed by atoms with Gasteiger partial charge in [-0.15, -0.1) is 11.3 Å². The molecule has 4 amide bonds. The fourth-order valence-electron chi connectivity index (χ4n) is 6.53. The SMILES string of the molecule is Cc1cc(C[C@@H](CC(=O)N2CCC(N3Cc4cscc4NC3=O)CC2)C(=O)N2CCN(c3ccncc3)CC2)cc(Cl)c1N. The third-order valence-corrected chi connectivity index (χ3v) is 10.2. The van der Waals surface area contributed by atoms with Crippen LogP contribution in [0.4, 0.5) is 21.9 Å². The number of nitrogens with zero attached hydrogens (tertiary/aromatic N) is 5. The monoisotopic (exact) mass is 635 g/mol. The molecule has 10 nitrogen and oxygen atoms in total. The molecule has 5 heterocycles. The van der Waals surface area contributed by atoms with Crippen LogP contribution in [0.5, 0.6) is 0 Å². The number of rotatable bonds is 7. The van der Waals surface area contributed by atoms with Crippen molar-refractivity contribution >= 4 is 57.8 Å². The number of carbonyl (C=O) groups is 3. The van der Waals surface area contributed by atoms with Gasteiger partial charge in [0.15, 0.2) is 0 Å². The number of piperazine rings is 1. The quantitative estimate of drug-likeness (QED) is 0.366. The number of amides is 4. The number of aromatic nitrogens is 1. The first-order valence-electron chi connectivity index (χ1n) is 15.2. The number of nitrogen functional groups attached to an aromatic ring is 1. The predicted octanol–water partition coefficient (Wildman–Crippen LogP) is 4.62. The maximum Gasteiger partial charge on any atom is 0.322 e. The van der Waals surface area contributed by atoms with Crippen LogP contribution in [-0.4, -0.2) is 82.8 Å². The number of aryl methyl sites for hydroxylation is 1. The summed E-state index contributed by atoms with van der Waals surface area (Å²) in [5, 5.41) is 7.49. The Labute approximate surface area is 266 Å². The van der Waals surface area contributed by atoms with Crippen LogP contribution in [-0.2, 0) is 22.6 Å². The van der Waals surface area contributed by atoms with Crippen LogP contribution in [0.2, 0.25) is 5.02 Å². The molecule has 0 saturated carbocycles. The third-order valence-electron chi connectivity index (χ3n) is 9.11. The molecule has 0 bridgehead atoms. The van der Waals surface area contributed by atoms with E-state index in [0.717, 1.165) is 28.1 Å². The minimum atomic E-state index is -0.517. The number of nitrogens with one attached hydrogen (secondary N) is 1. The van der Waals surface area contributed by atoms with Crippen molar-refractivity contribution in [3.63, 3.8) is 0 Å². The topological polar surface area (TPSA) is 115 Å². The standard InChI is InChI=1S/C32H38ClN7O3S/c1-21-14-22(16-27(33)30(21)34)15-23(31(42)39-12-10-37(11-13-39)25-2-6-35-7-3-25)17-29(41)38-8-4-26(5-9-38)40-18-24-19-44-20-28(24)36-32(40)43/h2-3,6-7,14,16,19-20,23,26H,4-5,8-13,15,17-18,34H2,1H3,(H,36,43)/t23-/m0/s1. The summed E-state index contributed by atoms with van der Waals surface area (Å²) in [5.74, 6) is -0.555. The number of hydrogen-bond acceptors (Lipinski definition) is 7. The number of halogens is 1. The van der Waals surface area contributed by atoms with E-state index < -0.39 is 5.92 Å². The number of benzene rings is 1. The van der Waals surface area contributed by atoms with Gasteiger partial charge in [0.25, 0.3) is 0 Å². The lowest BCUT2D eigenvalue weighted by atomic mass is 9.92. The van der Waals surface area contributed by atoms with Crippen molar-refractivity contribution in [2.75, 3.05) is 55.2 Å². The fraction of sp³-hybridized carbons (Fsp3) is 0.438. The van der Waals surface area contributed by atoms with Crippen LogP contribution in [0.15, 0.2) is 47.4 Å². The van der Waals surface area contributed by atoms with E-state index in [0.29, 0.717) is 75.8 Å². The zero-order chi connectivity index (χ0) is 30.8. The molecule has 3 aliphatic heterocycles. The third kappa shape index (κ3) is 6.49. The van der Waals surface area contributed by atoms with Gasteiger partial charge in [-0.1, -0.05) is 17.7 Å². The van der Waals surface area contributed by atoms with Gasteiger partial charge in [-0.3, -0.25) is 14.6 Å². The molecule has 6 rings (SSSR count). The lowest BCUT2D eigenvalue weighted by Gasteiger charge is -2.40. The van der Waals surface area contributed by atoms with Gasteiger partial charge in [0.2, 0.25) is 11.8 Å². The summed E-state index contributed by atoms with van der Waals surface area (Å²) >= 11 is 7.99. The molecule has 12 heteroatoms. The summed E-state index contributed by atoms with van der Waals surface area (Å²) in [5.41, 5.74) is 11.5. The summed E-state index contributed by atoms with van der Waals surface area (Å²) in [6.45, 7) is 6.21. The Kier molecular flexibility index (Phi) is 8.95. The Balaban J connectivity index is 1.11. The van der Waals surface area contributed by atoms with E-state index in [1.807, 2.05) is 51.3 Å². The minimum absolute atomic E-state index is 0.00947. The molecule has 2 aromatic heterocycles. The molecule has 0 unspecified atom stereocenters. The van der Waals surface area contributed by atoms with E-state index in [9.17, 15) is 14.4 Å². The normalized spacial score (nSPS) is 18.2. The van der Waals surface area contributed by atoms with Gasteiger partial charge in [0, 0.05) is 80.8 Å². The van der Waals surface area contributed by atoms with E-state index >= 15 is 0 Å². The molecular weight excluding hydrogens is 598 g/mol. The number of pyridine rings is 1. The smallest absolute Gasteiger partial charge is 0.322 e. The summed E-state index contributed by atoms with van der Waals surface area (Å²) in [6, 6.07) is 7.72. The van der Waals surface area contributed by atoms with E-state index in [1.165, 1.54) is 0 Å². The zero-order valence-corrected chi connectivity index (χ0v) is 26.4. The second-order valence-corrected chi connectivity index (χ2v) is 13.1. The highest BCUT2D eigenvalue weighted by molar-refractivity contribution is 7.08. The fourth-order valence-corrected chi connectivity index (χ4v) is 7.60. The van der Waals surface area contributed by atoms with Crippen molar-refractivity contribution < 1.29 is 14.4 Å². The van der Waals surface area contributed by atoms with E-state index in [2.05, 4.69) is 20.6 Å². The second kappa shape index (κ2) is 13.0. The first-order valence-corrected chi connectivity index (χ1v) is 16.5. The largest absolute Gasteiger partial charge is 0.397 e. The lowest BCUT2D eigenvalue weighted by molar-refractivity contribution is -0.142. The van der Waals surface area contributed by atoms with Crippen molar-refractivity contribution in [3.8, 4) is 0 Å². The Hall–Kier alpha value is -3.83. The van der Waals surface area contributed by atoms with E-state index in [1.54, 1.807) is 23.7 Å².